The summed E-state index contributed by atoms with van der Waals surface area (Å²) in [5, 5.41) is 1.84. The molecule has 0 saturated carbocycles. The van der Waals surface area contributed by atoms with E-state index >= 15 is 0 Å². The highest BCUT2D eigenvalue weighted by Crippen LogP contribution is 2.29. The molecule has 0 bridgehead atoms. The van der Waals surface area contributed by atoms with Gasteiger partial charge >= 0.3 is 5.97 Å². The fourth-order valence-corrected chi connectivity index (χ4v) is 4.39. The fourth-order valence-electron chi connectivity index (χ4n) is 3.41. The van der Waals surface area contributed by atoms with Crippen molar-refractivity contribution in [3.8, 4) is 5.75 Å². The zero-order chi connectivity index (χ0) is 23.5. The highest BCUT2D eigenvalue weighted by atomic mass is 32.2. The van der Waals surface area contributed by atoms with Gasteiger partial charge < -0.3 is 9.47 Å². The molecule has 0 saturated heterocycles. The summed E-state index contributed by atoms with van der Waals surface area (Å²) in [7, 11) is -2.37. The molecule has 0 unspecified atom stereocenters. The molecule has 0 aliphatic carbocycles. The van der Waals surface area contributed by atoms with Crippen LogP contribution in [-0.2, 0) is 19.6 Å². The Morgan fingerprint density at radius 2 is 1.69 bits per heavy atom. The second-order valence-electron chi connectivity index (χ2n) is 7.33. The van der Waals surface area contributed by atoms with Crippen molar-refractivity contribution < 1.29 is 27.5 Å². The molecule has 0 aliphatic heterocycles. The number of fused-ring (bicyclic) bond motifs is 1. The van der Waals surface area contributed by atoms with E-state index in [1.165, 1.54) is 24.3 Å². The van der Waals surface area contributed by atoms with Crippen LogP contribution in [0.25, 0.3) is 10.8 Å². The highest BCUT2D eigenvalue weighted by Gasteiger charge is 2.31. The first-order chi connectivity index (χ1) is 15.2. The van der Waals surface area contributed by atoms with Crippen molar-refractivity contribution in [2.45, 2.75) is 19.8 Å². The average Bonchev–Trinajstić information content (AvgIpc) is 2.77. The van der Waals surface area contributed by atoms with Crippen LogP contribution in [0.4, 0.5) is 5.69 Å². The Bertz CT molecular complexity index is 1270. The summed E-state index contributed by atoms with van der Waals surface area (Å²) in [4.78, 5) is 25.4. The molecule has 3 aromatic carbocycles. The third kappa shape index (κ3) is 4.91. The fraction of sp³-hybridized carbons (Fsp3) is 0.250. The number of carbonyl (C=O) groups is 2. The predicted molar refractivity (Wildman–Crippen MR) is 124 cm³/mol. The zero-order valence-corrected chi connectivity index (χ0v) is 19.2. The lowest BCUT2D eigenvalue weighted by atomic mass is 9.97. The molecular weight excluding hydrogens is 430 g/mol. The van der Waals surface area contributed by atoms with Gasteiger partial charge in [-0.1, -0.05) is 30.3 Å². The van der Waals surface area contributed by atoms with Crippen LogP contribution in [0.3, 0.4) is 0 Å². The summed E-state index contributed by atoms with van der Waals surface area (Å²) in [6.45, 7) is 3.51. The van der Waals surface area contributed by atoms with Gasteiger partial charge in [-0.3, -0.25) is 4.79 Å². The molecule has 8 heteroatoms. The summed E-state index contributed by atoms with van der Waals surface area (Å²) in [5.41, 5.74) is 0.918. The SMILES string of the molecule is CCOC(=O)c1cccc(N(C(=O)[C@@H](C)c2ccc3cc(OC)ccc3c2)S(C)(=O)=O)c1. The highest BCUT2D eigenvalue weighted by molar-refractivity contribution is 7.92. The molecule has 1 amide bonds. The number of sulfonamides is 1. The quantitative estimate of drug-likeness (QED) is 0.498. The standard InChI is InChI=1S/C24H25NO6S/c1-5-31-24(27)20-7-6-8-21(14-20)25(32(4,28)29)23(26)16(2)17-9-10-19-15-22(30-3)12-11-18(19)13-17/h6-16H,5H2,1-4H3/t16-/m0/s1. The van der Waals surface area contributed by atoms with Crippen LogP contribution in [0, 0.1) is 0 Å². The van der Waals surface area contributed by atoms with Crippen molar-refractivity contribution in [3.63, 3.8) is 0 Å². The third-order valence-corrected chi connectivity index (χ3v) is 6.12. The van der Waals surface area contributed by atoms with Crippen molar-refractivity contribution in [3.05, 3.63) is 71.8 Å². The number of hydrogen-bond acceptors (Lipinski definition) is 6. The van der Waals surface area contributed by atoms with E-state index in [4.69, 9.17) is 9.47 Å². The maximum atomic E-state index is 13.3. The van der Waals surface area contributed by atoms with Gasteiger partial charge in [0.2, 0.25) is 15.9 Å². The number of hydrogen-bond donors (Lipinski definition) is 0. The monoisotopic (exact) mass is 455 g/mol. The van der Waals surface area contributed by atoms with Gasteiger partial charge in [0.15, 0.2) is 0 Å². The van der Waals surface area contributed by atoms with Crippen molar-refractivity contribution >= 4 is 38.4 Å². The molecule has 1 atom stereocenters. The first-order valence-corrected chi connectivity index (χ1v) is 11.9. The maximum Gasteiger partial charge on any atom is 0.338 e. The first-order valence-electron chi connectivity index (χ1n) is 10.0. The van der Waals surface area contributed by atoms with Gasteiger partial charge in [-0.15, -0.1) is 0 Å². The van der Waals surface area contributed by atoms with Gasteiger partial charge in [-0.05, 0) is 60.5 Å². The van der Waals surface area contributed by atoms with E-state index in [2.05, 4.69) is 0 Å². The number of amides is 1. The number of carbonyl (C=O) groups excluding carboxylic acids is 2. The Morgan fingerprint density at radius 3 is 2.34 bits per heavy atom. The Labute approximate surface area is 187 Å². The topological polar surface area (TPSA) is 90.0 Å². The van der Waals surface area contributed by atoms with Crippen molar-refractivity contribution in [2.75, 3.05) is 24.3 Å². The van der Waals surface area contributed by atoms with E-state index in [9.17, 15) is 18.0 Å². The van der Waals surface area contributed by atoms with Crippen LogP contribution < -0.4 is 9.04 Å². The minimum Gasteiger partial charge on any atom is -0.497 e. The molecule has 32 heavy (non-hydrogen) atoms. The Kier molecular flexibility index (Phi) is 6.84. The summed E-state index contributed by atoms with van der Waals surface area (Å²) >= 11 is 0. The van der Waals surface area contributed by atoms with Gasteiger partial charge in [-0.25, -0.2) is 17.5 Å². The van der Waals surface area contributed by atoms with Gasteiger partial charge in [0.05, 0.1) is 37.1 Å². The number of benzene rings is 3. The predicted octanol–water partition coefficient (Wildman–Crippen LogP) is 4.12. The Balaban J connectivity index is 1.99. The number of esters is 1. The zero-order valence-electron chi connectivity index (χ0n) is 18.4. The molecule has 0 spiro atoms. The van der Waals surface area contributed by atoms with Crippen molar-refractivity contribution in [1.29, 1.82) is 0 Å². The van der Waals surface area contributed by atoms with Crippen LogP contribution in [0.1, 0.15) is 35.7 Å². The second kappa shape index (κ2) is 9.40. The number of anilines is 1. The van der Waals surface area contributed by atoms with Gasteiger partial charge in [-0.2, -0.15) is 0 Å². The van der Waals surface area contributed by atoms with Crippen LogP contribution in [0.15, 0.2) is 60.7 Å². The first kappa shape index (κ1) is 23.3. The molecule has 3 rings (SSSR count). The van der Waals surface area contributed by atoms with Crippen molar-refractivity contribution in [2.24, 2.45) is 0 Å². The normalized spacial score (nSPS) is 12.2. The van der Waals surface area contributed by atoms with E-state index in [1.54, 1.807) is 27.0 Å². The van der Waals surface area contributed by atoms with Gasteiger partial charge in [0.25, 0.3) is 0 Å². The summed E-state index contributed by atoms with van der Waals surface area (Å²) < 4.78 is 36.1. The van der Waals surface area contributed by atoms with E-state index in [0.29, 0.717) is 5.56 Å². The van der Waals surface area contributed by atoms with E-state index < -0.39 is 27.8 Å². The number of nitrogens with zero attached hydrogens (tertiary/aromatic N) is 1. The molecular formula is C24H25NO6S. The molecule has 0 N–H and O–H groups in total. The molecule has 0 heterocycles. The average molecular weight is 456 g/mol. The Morgan fingerprint density at radius 1 is 1.00 bits per heavy atom. The van der Waals surface area contributed by atoms with E-state index in [0.717, 1.165) is 27.1 Å². The maximum absolute atomic E-state index is 13.3. The minimum absolute atomic E-state index is 0.0837. The summed E-state index contributed by atoms with van der Waals surface area (Å²) in [6.07, 6.45) is 0.960. The third-order valence-electron chi connectivity index (χ3n) is 5.07. The molecule has 0 aliphatic rings. The van der Waals surface area contributed by atoms with E-state index in [-0.39, 0.29) is 17.9 Å². The smallest absolute Gasteiger partial charge is 0.338 e. The lowest BCUT2D eigenvalue weighted by Gasteiger charge is -2.24. The lowest BCUT2D eigenvalue weighted by molar-refractivity contribution is -0.118. The molecule has 0 aromatic heterocycles. The molecule has 168 valence electrons. The molecule has 3 aromatic rings. The Hall–Kier alpha value is -3.39. The number of methoxy groups -OCH3 is 1. The van der Waals surface area contributed by atoms with Crippen LogP contribution in [0.5, 0.6) is 5.75 Å². The van der Waals surface area contributed by atoms with Crippen LogP contribution >= 0.6 is 0 Å². The largest absolute Gasteiger partial charge is 0.497 e. The molecule has 0 radical (unpaired) electrons. The summed E-state index contributed by atoms with van der Waals surface area (Å²) in [6, 6.07) is 16.9. The summed E-state index contributed by atoms with van der Waals surface area (Å²) in [5.74, 6) is -1.24. The van der Waals surface area contributed by atoms with Gasteiger partial charge in [0, 0.05) is 0 Å². The molecule has 7 nitrogen and oxygen atoms in total. The minimum atomic E-state index is -3.96. The number of rotatable bonds is 7. The van der Waals surface area contributed by atoms with Gasteiger partial charge in [0.1, 0.15) is 5.75 Å². The van der Waals surface area contributed by atoms with E-state index in [1.807, 2.05) is 30.3 Å². The molecule has 0 fully saturated rings. The number of ether oxygens (including phenoxy) is 2. The van der Waals surface area contributed by atoms with Crippen molar-refractivity contribution in [1.82, 2.24) is 0 Å². The van der Waals surface area contributed by atoms with Crippen LogP contribution in [0.2, 0.25) is 0 Å². The second-order valence-corrected chi connectivity index (χ2v) is 9.16. The lowest BCUT2D eigenvalue weighted by Crippen LogP contribution is -2.39. The van der Waals surface area contributed by atoms with Crippen LogP contribution in [-0.4, -0.2) is 40.3 Å².